The first-order valence-corrected chi connectivity index (χ1v) is 6.42. The van der Waals surface area contributed by atoms with Crippen molar-refractivity contribution in [3.05, 3.63) is 30.1 Å². The summed E-state index contributed by atoms with van der Waals surface area (Å²) in [6.45, 7) is 1.03. The van der Waals surface area contributed by atoms with Gasteiger partial charge in [0, 0.05) is 24.8 Å². The zero-order valence-electron chi connectivity index (χ0n) is 10.9. The van der Waals surface area contributed by atoms with E-state index in [1.165, 1.54) is 29.2 Å². The minimum absolute atomic E-state index is 0.128. The molecule has 4 amide bonds. The van der Waals surface area contributed by atoms with Crippen LogP contribution in [-0.4, -0.2) is 36.1 Å². The van der Waals surface area contributed by atoms with Gasteiger partial charge in [-0.05, 0) is 37.1 Å². The van der Waals surface area contributed by atoms with Crippen LogP contribution in [0.1, 0.15) is 12.8 Å². The predicted octanol–water partition coefficient (Wildman–Crippen LogP) is 1.49. The molecule has 0 aliphatic carbocycles. The van der Waals surface area contributed by atoms with Crippen molar-refractivity contribution in [2.45, 2.75) is 18.9 Å². The highest BCUT2D eigenvalue weighted by Gasteiger charge is 2.23. The van der Waals surface area contributed by atoms with Gasteiger partial charge < -0.3 is 21.3 Å². The molecule has 1 heterocycles. The normalized spacial score (nSPS) is 18.4. The zero-order valence-corrected chi connectivity index (χ0v) is 10.9. The molecule has 1 aliphatic rings. The number of nitrogens with one attached hydrogen (secondary N) is 2. The summed E-state index contributed by atoms with van der Waals surface area (Å²) in [6, 6.07) is 4.51. The highest BCUT2D eigenvalue weighted by Crippen LogP contribution is 2.11. The average Bonchev–Trinajstić information content (AvgIpc) is 2.41. The number of carbonyl (C=O) groups is 2. The van der Waals surface area contributed by atoms with Crippen molar-refractivity contribution in [3.63, 3.8) is 0 Å². The third kappa shape index (κ3) is 3.84. The van der Waals surface area contributed by atoms with Crippen molar-refractivity contribution in [1.82, 2.24) is 10.2 Å². The molecule has 20 heavy (non-hydrogen) atoms. The number of rotatable bonds is 2. The predicted molar refractivity (Wildman–Crippen MR) is 72.7 cm³/mol. The van der Waals surface area contributed by atoms with E-state index in [9.17, 15) is 14.0 Å². The second-order valence-electron chi connectivity index (χ2n) is 4.73. The molecule has 7 heteroatoms. The Labute approximate surface area is 116 Å². The van der Waals surface area contributed by atoms with Gasteiger partial charge >= 0.3 is 12.1 Å². The lowest BCUT2D eigenvalue weighted by molar-refractivity contribution is 0.181. The van der Waals surface area contributed by atoms with E-state index >= 15 is 0 Å². The molecule has 1 aliphatic heterocycles. The molecule has 1 saturated heterocycles. The van der Waals surface area contributed by atoms with Gasteiger partial charge in [-0.15, -0.1) is 0 Å². The number of nitrogens with two attached hydrogens (primary N) is 1. The van der Waals surface area contributed by atoms with Crippen LogP contribution in [0.25, 0.3) is 0 Å². The summed E-state index contributed by atoms with van der Waals surface area (Å²) in [7, 11) is 0. The molecule has 1 atom stereocenters. The Kier molecular flexibility index (Phi) is 4.39. The van der Waals surface area contributed by atoms with Crippen molar-refractivity contribution in [2.24, 2.45) is 5.73 Å². The Bertz CT molecular complexity index is 492. The van der Waals surface area contributed by atoms with E-state index in [0.29, 0.717) is 18.8 Å². The van der Waals surface area contributed by atoms with Gasteiger partial charge in [-0.3, -0.25) is 0 Å². The number of amides is 4. The topological polar surface area (TPSA) is 87.5 Å². The molecule has 1 unspecified atom stereocenters. The highest BCUT2D eigenvalue weighted by molar-refractivity contribution is 5.89. The van der Waals surface area contributed by atoms with E-state index in [-0.39, 0.29) is 17.9 Å². The monoisotopic (exact) mass is 280 g/mol. The SMILES string of the molecule is NC(=O)N1CCCC(NC(=O)Nc2ccc(F)cc2)C1. The lowest BCUT2D eigenvalue weighted by atomic mass is 10.1. The van der Waals surface area contributed by atoms with Gasteiger partial charge in [-0.1, -0.05) is 0 Å². The number of hydrogen-bond donors (Lipinski definition) is 3. The van der Waals surface area contributed by atoms with Crippen molar-refractivity contribution in [3.8, 4) is 0 Å². The number of nitrogens with zero attached hydrogens (tertiary/aromatic N) is 1. The van der Waals surface area contributed by atoms with Crippen LogP contribution < -0.4 is 16.4 Å². The second-order valence-corrected chi connectivity index (χ2v) is 4.73. The average molecular weight is 280 g/mol. The van der Waals surface area contributed by atoms with E-state index in [1.807, 2.05) is 0 Å². The molecule has 1 fully saturated rings. The van der Waals surface area contributed by atoms with Crippen molar-refractivity contribution >= 4 is 17.7 Å². The van der Waals surface area contributed by atoms with E-state index in [1.54, 1.807) is 0 Å². The van der Waals surface area contributed by atoms with Crippen LogP contribution in [-0.2, 0) is 0 Å². The Hall–Kier alpha value is -2.31. The molecule has 108 valence electrons. The van der Waals surface area contributed by atoms with Crippen LogP contribution >= 0.6 is 0 Å². The van der Waals surface area contributed by atoms with Gasteiger partial charge in [0.05, 0.1) is 0 Å². The van der Waals surface area contributed by atoms with E-state index in [2.05, 4.69) is 10.6 Å². The number of primary amides is 1. The fraction of sp³-hybridized carbons (Fsp3) is 0.385. The van der Waals surface area contributed by atoms with E-state index < -0.39 is 6.03 Å². The fourth-order valence-corrected chi connectivity index (χ4v) is 2.18. The summed E-state index contributed by atoms with van der Waals surface area (Å²) in [5, 5.41) is 5.38. The molecular formula is C13H17FN4O2. The maximum absolute atomic E-state index is 12.7. The minimum Gasteiger partial charge on any atom is -0.351 e. The number of piperidine rings is 1. The number of carbonyl (C=O) groups excluding carboxylic acids is 2. The van der Waals surface area contributed by atoms with Crippen LogP contribution in [0, 0.1) is 5.82 Å². The van der Waals surface area contributed by atoms with Gasteiger partial charge in [0.25, 0.3) is 0 Å². The first-order valence-electron chi connectivity index (χ1n) is 6.42. The van der Waals surface area contributed by atoms with Crippen molar-refractivity contribution in [1.29, 1.82) is 0 Å². The summed E-state index contributed by atoms with van der Waals surface area (Å²) in [6.07, 6.45) is 1.59. The lowest BCUT2D eigenvalue weighted by Crippen LogP contribution is -2.51. The van der Waals surface area contributed by atoms with Gasteiger partial charge in [0.2, 0.25) is 0 Å². The minimum atomic E-state index is -0.476. The molecule has 0 radical (unpaired) electrons. The number of hydrogen-bond acceptors (Lipinski definition) is 2. The Morgan fingerprint density at radius 1 is 1.30 bits per heavy atom. The molecule has 4 N–H and O–H groups in total. The molecular weight excluding hydrogens is 263 g/mol. The standard InChI is InChI=1S/C13H17FN4O2/c14-9-3-5-10(6-4-9)16-13(20)17-11-2-1-7-18(8-11)12(15)19/h3-6,11H,1-2,7-8H2,(H2,15,19)(H2,16,17,20). The Morgan fingerprint density at radius 2 is 2.00 bits per heavy atom. The summed E-state index contributed by atoms with van der Waals surface area (Å²) >= 11 is 0. The summed E-state index contributed by atoms with van der Waals surface area (Å²) in [4.78, 5) is 24.4. The number of urea groups is 2. The maximum atomic E-state index is 12.7. The third-order valence-electron chi connectivity index (χ3n) is 3.17. The van der Waals surface area contributed by atoms with Gasteiger partial charge in [-0.25, -0.2) is 14.0 Å². The molecule has 0 aromatic heterocycles. The van der Waals surface area contributed by atoms with E-state index in [4.69, 9.17) is 5.73 Å². The Morgan fingerprint density at radius 3 is 2.65 bits per heavy atom. The smallest absolute Gasteiger partial charge is 0.319 e. The number of benzene rings is 1. The highest BCUT2D eigenvalue weighted by atomic mass is 19.1. The fourth-order valence-electron chi connectivity index (χ4n) is 2.18. The van der Waals surface area contributed by atoms with Gasteiger partial charge in [-0.2, -0.15) is 0 Å². The Balaban J connectivity index is 1.85. The first-order chi connectivity index (χ1) is 9.54. The number of anilines is 1. The summed E-state index contributed by atoms with van der Waals surface area (Å²) in [5.74, 6) is -0.361. The molecule has 2 rings (SSSR count). The van der Waals surface area contributed by atoms with Crippen LogP contribution in [0.5, 0.6) is 0 Å². The lowest BCUT2D eigenvalue weighted by Gasteiger charge is -2.31. The number of likely N-dealkylation sites (tertiary alicyclic amines) is 1. The maximum Gasteiger partial charge on any atom is 0.319 e. The quantitative estimate of drug-likeness (QED) is 0.766. The first kappa shape index (κ1) is 14.1. The van der Waals surface area contributed by atoms with Gasteiger partial charge in [0.15, 0.2) is 0 Å². The number of halogens is 1. The second kappa shape index (κ2) is 6.23. The van der Waals surface area contributed by atoms with Crippen LogP contribution in [0.2, 0.25) is 0 Å². The van der Waals surface area contributed by atoms with Crippen molar-refractivity contribution < 1.29 is 14.0 Å². The molecule has 0 saturated carbocycles. The van der Waals surface area contributed by atoms with Gasteiger partial charge in [0.1, 0.15) is 5.82 Å². The van der Waals surface area contributed by atoms with E-state index in [0.717, 1.165) is 12.8 Å². The summed E-state index contributed by atoms with van der Waals surface area (Å²) in [5.41, 5.74) is 5.73. The van der Waals surface area contributed by atoms with Crippen molar-refractivity contribution in [2.75, 3.05) is 18.4 Å². The molecule has 1 aromatic carbocycles. The van der Waals surface area contributed by atoms with Crippen LogP contribution in [0.4, 0.5) is 19.7 Å². The largest absolute Gasteiger partial charge is 0.351 e. The molecule has 0 spiro atoms. The zero-order chi connectivity index (χ0) is 14.5. The molecule has 6 nitrogen and oxygen atoms in total. The summed E-state index contributed by atoms with van der Waals surface area (Å²) < 4.78 is 12.7. The molecule has 0 bridgehead atoms. The molecule has 1 aromatic rings. The van der Waals surface area contributed by atoms with Crippen LogP contribution in [0.15, 0.2) is 24.3 Å². The third-order valence-corrected chi connectivity index (χ3v) is 3.17. The van der Waals surface area contributed by atoms with Crippen LogP contribution in [0.3, 0.4) is 0 Å².